The van der Waals surface area contributed by atoms with Gasteiger partial charge in [0.15, 0.2) is 0 Å². The van der Waals surface area contributed by atoms with E-state index in [2.05, 4.69) is 220 Å². The van der Waals surface area contributed by atoms with E-state index >= 15 is 0 Å². The number of hydrogen-bond acceptors (Lipinski definition) is 0. The second-order valence-corrected chi connectivity index (χ2v) is 28.8. The third kappa shape index (κ3) is 9.73. The number of hydrogen-bond donors (Lipinski definition) is 0. The summed E-state index contributed by atoms with van der Waals surface area (Å²) in [7, 11) is 0. The summed E-state index contributed by atoms with van der Waals surface area (Å²) >= 11 is -1.36. The van der Waals surface area contributed by atoms with E-state index in [0.717, 1.165) is 0 Å². The standard InChI is InChI=1S/C60H74Ge2/c1-35(2)43-23-17-24-44(36(3)4)55(43)51-31-21-32-52(56-45(37(5)6)25-18-26-46(56)38(7)8)59(51)61-62-60-53(57-47(39(9)10)27-19-28-48(57)40(11)12)33-22-34-54(60)58-49(41(13)14)29-20-30-50(58)42(15)16/h17-42H,1-16H3. The van der Waals surface area contributed by atoms with Crippen LogP contribution < -0.4 is 8.79 Å². The molecule has 0 aliphatic heterocycles. The Labute approximate surface area is 387 Å². The Kier molecular flexibility index (Phi) is 15.8. The van der Waals surface area contributed by atoms with Crippen LogP contribution in [0.25, 0.3) is 44.5 Å². The van der Waals surface area contributed by atoms with Crippen LogP contribution in [0.1, 0.15) is 203 Å². The number of rotatable bonds is 12. The van der Waals surface area contributed by atoms with E-state index in [1.165, 1.54) is 89.0 Å². The van der Waals surface area contributed by atoms with Crippen LogP contribution in [0.5, 0.6) is 0 Å². The van der Waals surface area contributed by atoms with Gasteiger partial charge in [0.1, 0.15) is 0 Å². The van der Waals surface area contributed by atoms with Gasteiger partial charge in [-0.05, 0) is 0 Å². The molecule has 0 aliphatic carbocycles. The van der Waals surface area contributed by atoms with Crippen molar-refractivity contribution < 1.29 is 0 Å². The fourth-order valence-electron chi connectivity index (χ4n) is 9.78. The maximum atomic E-state index is 2.51. The molecule has 0 aromatic heterocycles. The molecule has 0 fully saturated rings. The van der Waals surface area contributed by atoms with Crippen LogP contribution in [0.2, 0.25) is 0 Å². The van der Waals surface area contributed by atoms with Crippen molar-refractivity contribution in [3.05, 3.63) is 154 Å². The van der Waals surface area contributed by atoms with Crippen LogP contribution in [-0.2, 0) is 0 Å². The average molecular weight is 940 g/mol. The van der Waals surface area contributed by atoms with E-state index in [1.807, 2.05) is 0 Å². The van der Waals surface area contributed by atoms with Crippen molar-refractivity contribution in [2.45, 2.75) is 158 Å². The predicted octanol–water partition coefficient (Wildman–Crippen LogP) is 16.6. The van der Waals surface area contributed by atoms with Crippen LogP contribution in [0, 0.1) is 0 Å². The summed E-state index contributed by atoms with van der Waals surface area (Å²) in [6, 6.07) is 43.4. The molecule has 6 aromatic carbocycles. The molecule has 0 N–H and O–H groups in total. The molecule has 0 atom stereocenters. The first-order valence-electron chi connectivity index (χ1n) is 23.8. The van der Waals surface area contributed by atoms with Crippen molar-refractivity contribution in [2.75, 3.05) is 0 Å². The zero-order valence-electron chi connectivity index (χ0n) is 41.0. The quantitative estimate of drug-likeness (QED) is 0.107. The molecule has 322 valence electrons. The second-order valence-electron chi connectivity index (χ2n) is 20.2. The van der Waals surface area contributed by atoms with Gasteiger partial charge in [0, 0.05) is 0 Å². The van der Waals surface area contributed by atoms with Gasteiger partial charge in [0.25, 0.3) is 0 Å². The van der Waals surface area contributed by atoms with Crippen molar-refractivity contribution in [1.82, 2.24) is 0 Å². The molecule has 62 heavy (non-hydrogen) atoms. The van der Waals surface area contributed by atoms with Gasteiger partial charge in [-0.15, -0.1) is 0 Å². The van der Waals surface area contributed by atoms with Crippen LogP contribution in [0.4, 0.5) is 0 Å². The fourth-order valence-corrected chi connectivity index (χ4v) is 21.8. The van der Waals surface area contributed by atoms with Gasteiger partial charge in [0.2, 0.25) is 0 Å². The summed E-state index contributed by atoms with van der Waals surface area (Å²) < 4.78 is 3.31. The van der Waals surface area contributed by atoms with Crippen molar-refractivity contribution in [3.8, 4) is 44.5 Å². The summed E-state index contributed by atoms with van der Waals surface area (Å²) in [6.07, 6.45) is 0. The van der Waals surface area contributed by atoms with E-state index in [9.17, 15) is 0 Å². The van der Waals surface area contributed by atoms with Crippen molar-refractivity contribution in [1.29, 1.82) is 0 Å². The molecule has 0 nitrogen and oxygen atoms in total. The molecule has 0 heterocycles. The Bertz CT molecular complexity index is 2150. The molecule has 6 aromatic rings. The van der Waals surface area contributed by atoms with Crippen LogP contribution >= 0.6 is 0 Å². The van der Waals surface area contributed by atoms with Crippen LogP contribution in [-0.4, -0.2) is 25.3 Å². The van der Waals surface area contributed by atoms with Crippen LogP contribution in [0.3, 0.4) is 0 Å². The number of benzene rings is 6. The average Bonchev–Trinajstić information content (AvgIpc) is 3.23. The molecule has 2 heteroatoms. The molecule has 0 bridgehead atoms. The second kappa shape index (κ2) is 20.5. The minimum atomic E-state index is -0.680. The first-order valence-corrected chi connectivity index (χ1v) is 32.4. The van der Waals surface area contributed by atoms with E-state index in [4.69, 9.17) is 0 Å². The Hall–Kier alpha value is -3.59. The van der Waals surface area contributed by atoms with Gasteiger partial charge in [-0.25, -0.2) is 0 Å². The maximum absolute atomic E-state index is 2.51. The van der Waals surface area contributed by atoms with E-state index in [1.54, 1.807) is 8.79 Å². The summed E-state index contributed by atoms with van der Waals surface area (Å²) in [4.78, 5) is 0. The first-order chi connectivity index (χ1) is 29.5. The van der Waals surface area contributed by atoms with Gasteiger partial charge >= 0.3 is 390 Å². The first kappa shape index (κ1) is 47.9. The summed E-state index contributed by atoms with van der Waals surface area (Å²) in [5.41, 5.74) is 23.7. The summed E-state index contributed by atoms with van der Waals surface area (Å²) in [5, 5.41) is 0. The van der Waals surface area contributed by atoms with Gasteiger partial charge in [-0.3, -0.25) is 0 Å². The zero-order valence-corrected chi connectivity index (χ0v) is 45.2. The van der Waals surface area contributed by atoms with Gasteiger partial charge < -0.3 is 0 Å². The van der Waals surface area contributed by atoms with E-state index in [-0.39, 0.29) is 0 Å². The molecule has 6 rings (SSSR count). The third-order valence-corrected chi connectivity index (χ3v) is 23.4. The molecular formula is C60H74Ge2. The van der Waals surface area contributed by atoms with Crippen molar-refractivity contribution in [3.63, 3.8) is 0 Å². The molecule has 0 aliphatic rings. The Balaban J connectivity index is 1.88. The van der Waals surface area contributed by atoms with Gasteiger partial charge in [-0.1, -0.05) is 0 Å². The zero-order chi connectivity index (χ0) is 45.2. The summed E-state index contributed by atoms with van der Waals surface area (Å²) in [6.45, 7) is 38.2. The molecule has 0 saturated heterocycles. The minimum absolute atomic E-state index is 0.418. The Morgan fingerprint density at radius 3 is 0.516 bits per heavy atom. The van der Waals surface area contributed by atoms with E-state index < -0.39 is 25.3 Å². The molecule has 0 saturated carbocycles. The SMILES string of the molecule is CC(C)c1cccc(C(C)C)c1-c1cccc(-c2c(C(C)C)cccc2C(C)C)[c]1[Ge]#[Ge][c]1c(-c2c(C(C)C)cccc2C(C)C)cccc1-c1c(C(C)C)cccc1C(C)C. The molecule has 0 unspecified atom stereocenters. The van der Waals surface area contributed by atoms with Crippen LogP contribution in [0.15, 0.2) is 109 Å². The normalized spacial score (nSPS) is 11.9. The molecule has 0 radical (unpaired) electrons. The monoisotopic (exact) mass is 942 g/mol. The topological polar surface area (TPSA) is 0 Å². The third-order valence-electron chi connectivity index (χ3n) is 13.0. The van der Waals surface area contributed by atoms with Crippen molar-refractivity contribution in [2.24, 2.45) is 0 Å². The Morgan fingerprint density at radius 2 is 0.371 bits per heavy atom. The van der Waals surface area contributed by atoms with Gasteiger partial charge in [-0.2, -0.15) is 0 Å². The summed E-state index contributed by atoms with van der Waals surface area (Å²) in [5.74, 6) is 3.35. The fraction of sp³-hybridized carbons (Fsp3) is 0.400. The molecular weight excluding hydrogens is 866 g/mol. The van der Waals surface area contributed by atoms with Crippen molar-refractivity contribution >= 4 is 34.1 Å². The van der Waals surface area contributed by atoms with E-state index in [0.29, 0.717) is 47.3 Å². The van der Waals surface area contributed by atoms with Gasteiger partial charge in [0.05, 0.1) is 0 Å². The predicted molar refractivity (Wildman–Crippen MR) is 278 cm³/mol. The Morgan fingerprint density at radius 1 is 0.226 bits per heavy atom. The molecule has 0 spiro atoms. The molecule has 0 amide bonds.